The van der Waals surface area contributed by atoms with E-state index in [1.54, 1.807) is 24.3 Å². The van der Waals surface area contributed by atoms with Crippen LogP contribution in [-0.2, 0) is 9.59 Å². The van der Waals surface area contributed by atoms with Gasteiger partial charge in [0.05, 0.1) is 11.6 Å². The maximum Gasteiger partial charge on any atom is 0.287 e. The second-order valence-corrected chi connectivity index (χ2v) is 7.71. The maximum atomic E-state index is 12.6. The normalized spacial score (nSPS) is 17.0. The first-order chi connectivity index (χ1) is 16.1. The number of ether oxygens (including phenoxy) is 2. The highest BCUT2D eigenvalue weighted by molar-refractivity contribution is 6.01. The lowest BCUT2D eigenvalue weighted by atomic mass is 10.1. The third-order valence-electron chi connectivity index (χ3n) is 5.52. The van der Waals surface area contributed by atoms with Gasteiger partial charge in [-0.3, -0.25) is 30.3 Å². The number of H-pyrrole nitrogens is 1. The minimum atomic E-state index is -0.604. The monoisotopic (exact) mass is 447 g/mol. The zero-order chi connectivity index (χ0) is 22.8. The lowest BCUT2D eigenvalue weighted by Crippen LogP contribution is -2.45. The Morgan fingerprint density at radius 3 is 2.61 bits per heavy atom. The Labute approximate surface area is 188 Å². The van der Waals surface area contributed by atoms with Crippen LogP contribution in [0.25, 0.3) is 11.3 Å². The zero-order valence-electron chi connectivity index (χ0n) is 17.5. The summed E-state index contributed by atoms with van der Waals surface area (Å²) in [6.07, 6.45) is 0.0400. The molecule has 3 aromatic rings. The number of amides is 3. The van der Waals surface area contributed by atoms with Gasteiger partial charge in [-0.05, 0) is 18.2 Å². The lowest BCUT2D eigenvalue weighted by Gasteiger charge is -2.22. The van der Waals surface area contributed by atoms with Gasteiger partial charge in [0.15, 0.2) is 11.5 Å². The molecule has 33 heavy (non-hydrogen) atoms. The van der Waals surface area contributed by atoms with Gasteiger partial charge in [-0.15, -0.1) is 0 Å². The van der Waals surface area contributed by atoms with E-state index in [1.807, 2.05) is 30.3 Å². The fraction of sp³-hybridized carbons (Fsp3) is 0.217. The molecule has 2 aliphatic rings. The number of rotatable bonds is 4. The summed E-state index contributed by atoms with van der Waals surface area (Å²) in [5, 5.41) is 6.79. The van der Waals surface area contributed by atoms with Crippen molar-refractivity contribution in [2.24, 2.45) is 5.92 Å². The summed E-state index contributed by atoms with van der Waals surface area (Å²) in [6.45, 7) is 1.12. The molecule has 3 N–H and O–H groups in total. The number of nitrogens with zero attached hydrogens (tertiary/aromatic N) is 2. The van der Waals surface area contributed by atoms with Crippen molar-refractivity contribution < 1.29 is 23.9 Å². The van der Waals surface area contributed by atoms with Gasteiger partial charge < -0.3 is 14.4 Å². The lowest BCUT2D eigenvalue weighted by molar-refractivity contribution is -0.126. The van der Waals surface area contributed by atoms with E-state index in [1.165, 1.54) is 4.90 Å². The molecule has 1 saturated heterocycles. The van der Waals surface area contributed by atoms with Crippen molar-refractivity contribution in [1.82, 2.24) is 21.0 Å². The van der Waals surface area contributed by atoms with Gasteiger partial charge in [-0.2, -0.15) is 5.10 Å². The van der Waals surface area contributed by atoms with Crippen LogP contribution >= 0.6 is 0 Å². The number of fused-ring (bicyclic) bond motifs is 1. The Morgan fingerprint density at radius 1 is 1.00 bits per heavy atom. The van der Waals surface area contributed by atoms with E-state index in [9.17, 15) is 14.4 Å². The zero-order valence-corrected chi connectivity index (χ0v) is 17.5. The standard InChI is InChI=1S/C23H21N5O5/c29-21-10-15(13-28(21)16-6-7-19-20(11-16)33-9-8-32-19)22(30)26-27-23(31)18-12-17(24-25-18)14-4-2-1-3-5-14/h1-7,11-12,15H,8-10,13H2,(H,24,25)(H,26,30)(H,27,31)/t15-/m1/s1. The van der Waals surface area contributed by atoms with E-state index in [0.29, 0.717) is 36.1 Å². The highest BCUT2D eigenvalue weighted by Gasteiger charge is 2.36. The summed E-state index contributed by atoms with van der Waals surface area (Å²) in [4.78, 5) is 39.0. The summed E-state index contributed by atoms with van der Waals surface area (Å²) >= 11 is 0. The SMILES string of the molecule is O=C(NNC(=O)[C@@H]1CC(=O)N(c2ccc3c(c2)OCCO3)C1)c1cc(-c2ccccc2)n[nH]1. The molecule has 0 aliphatic carbocycles. The van der Waals surface area contributed by atoms with Crippen molar-refractivity contribution >= 4 is 23.4 Å². The van der Waals surface area contributed by atoms with Crippen LogP contribution < -0.4 is 25.2 Å². The Bertz CT molecular complexity index is 1210. The Morgan fingerprint density at radius 2 is 1.79 bits per heavy atom. The van der Waals surface area contributed by atoms with E-state index < -0.39 is 17.7 Å². The van der Waals surface area contributed by atoms with Gasteiger partial charge in [0.2, 0.25) is 11.8 Å². The van der Waals surface area contributed by atoms with Gasteiger partial charge >= 0.3 is 0 Å². The average molecular weight is 447 g/mol. The molecule has 168 valence electrons. The van der Waals surface area contributed by atoms with E-state index in [2.05, 4.69) is 21.0 Å². The van der Waals surface area contributed by atoms with Crippen molar-refractivity contribution in [2.45, 2.75) is 6.42 Å². The van der Waals surface area contributed by atoms with E-state index >= 15 is 0 Å². The van der Waals surface area contributed by atoms with Crippen molar-refractivity contribution in [3.63, 3.8) is 0 Å². The number of hydrogen-bond acceptors (Lipinski definition) is 6. The van der Waals surface area contributed by atoms with Gasteiger partial charge in [0.25, 0.3) is 5.91 Å². The second kappa shape index (κ2) is 8.65. The van der Waals surface area contributed by atoms with Crippen LogP contribution in [0.5, 0.6) is 11.5 Å². The number of anilines is 1. The van der Waals surface area contributed by atoms with Gasteiger partial charge in [0, 0.05) is 30.3 Å². The number of carbonyl (C=O) groups excluding carboxylic acids is 3. The number of aromatic nitrogens is 2. The molecule has 0 saturated carbocycles. The molecule has 0 unspecified atom stereocenters. The smallest absolute Gasteiger partial charge is 0.287 e. The van der Waals surface area contributed by atoms with Gasteiger partial charge in [-0.1, -0.05) is 30.3 Å². The summed E-state index contributed by atoms with van der Waals surface area (Å²) in [5.74, 6) is -0.568. The molecule has 10 heteroatoms. The van der Waals surface area contributed by atoms with Crippen molar-refractivity contribution in [3.8, 4) is 22.8 Å². The first kappa shape index (κ1) is 20.6. The third-order valence-corrected chi connectivity index (χ3v) is 5.52. The molecule has 5 rings (SSSR count). The Hall–Kier alpha value is -4.34. The number of hydrazine groups is 1. The predicted molar refractivity (Wildman–Crippen MR) is 118 cm³/mol. The molecule has 3 amide bonds. The molecule has 0 bridgehead atoms. The van der Waals surface area contributed by atoms with E-state index in [0.717, 1.165) is 5.56 Å². The van der Waals surface area contributed by atoms with Crippen molar-refractivity contribution in [3.05, 3.63) is 60.3 Å². The summed E-state index contributed by atoms with van der Waals surface area (Å²) in [7, 11) is 0. The fourth-order valence-corrected chi connectivity index (χ4v) is 3.82. The van der Waals surface area contributed by atoms with Crippen LogP contribution in [-0.4, -0.2) is 47.7 Å². The van der Waals surface area contributed by atoms with Crippen molar-refractivity contribution in [1.29, 1.82) is 0 Å². The maximum absolute atomic E-state index is 12.6. The van der Waals surface area contributed by atoms with Crippen LogP contribution in [0, 0.1) is 5.92 Å². The fourth-order valence-electron chi connectivity index (χ4n) is 3.82. The molecule has 1 fully saturated rings. The van der Waals surface area contributed by atoms with Crippen molar-refractivity contribution in [2.75, 3.05) is 24.7 Å². The average Bonchev–Trinajstić information content (AvgIpc) is 3.50. The highest BCUT2D eigenvalue weighted by Crippen LogP contribution is 2.36. The number of aromatic amines is 1. The predicted octanol–water partition coefficient (Wildman–Crippen LogP) is 1.66. The topological polar surface area (TPSA) is 126 Å². The molecule has 1 atom stereocenters. The molecule has 10 nitrogen and oxygen atoms in total. The summed E-state index contributed by atoms with van der Waals surface area (Å²) in [5.41, 5.74) is 7.09. The molecule has 2 aliphatic heterocycles. The minimum Gasteiger partial charge on any atom is -0.486 e. The largest absolute Gasteiger partial charge is 0.486 e. The molecular weight excluding hydrogens is 426 g/mol. The first-order valence-corrected chi connectivity index (χ1v) is 10.5. The molecule has 3 heterocycles. The quantitative estimate of drug-likeness (QED) is 0.523. The van der Waals surface area contributed by atoms with Crippen LogP contribution in [0.2, 0.25) is 0 Å². The Kier molecular flexibility index (Phi) is 5.39. The minimum absolute atomic E-state index is 0.0400. The first-order valence-electron chi connectivity index (χ1n) is 10.5. The third kappa shape index (κ3) is 4.22. The summed E-state index contributed by atoms with van der Waals surface area (Å²) in [6, 6.07) is 16.2. The summed E-state index contributed by atoms with van der Waals surface area (Å²) < 4.78 is 11.1. The number of hydrogen-bond donors (Lipinski definition) is 3. The molecule has 0 radical (unpaired) electrons. The van der Waals surface area contributed by atoms with Gasteiger partial charge in [0.1, 0.15) is 18.9 Å². The van der Waals surface area contributed by atoms with Crippen LogP contribution in [0.4, 0.5) is 5.69 Å². The number of nitrogens with one attached hydrogen (secondary N) is 3. The second-order valence-electron chi connectivity index (χ2n) is 7.71. The molecular formula is C23H21N5O5. The molecule has 2 aromatic carbocycles. The van der Waals surface area contributed by atoms with Crippen LogP contribution in [0.3, 0.4) is 0 Å². The molecule has 0 spiro atoms. The highest BCUT2D eigenvalue weighted by atomic mass is 16.6. The number of carbonyl (C=O) groups is 3. The van der Waals surface area contributed by atoms with E-state index in [4.69, 9.17) is 9.47 Å². The molecule has 1 aromatic heterocycles. The van der Waals surface area contributed by atoms with E-state index in [-0.39, 0.29) is 24.6 Å². The van der Waals surface area contributed by atoms with Crippen LogP contribution in [0.15, 0.2) is 54.6 Å². The van der Waals surface area contributed by atoms with Gasteiger partial charge in [-0.25, -0.2) is 0 Å². The van der Waals surface area contributed by atoms with Crippen LogP contribution in [0.1, 0.15) is 16.9 Å². The number of benzene rings is 2. The Balaban J connectivity index is 1.18.